The van der Waals surface area contributed by atoms with Gasteiger partial charge in [-0.25, -0.2) is 10.4 Å². The highest BCUT2D eigenvalue weighted by molar-refractivity contribution is 8.15. The summed E-state index contributed by atoms with van der Waals surface area (Å²) >= 11 is 1.10. The molecule has 0 bridgehead atoms. The minimum Gasteiger partial charge on any atom is -0.595 e. The van der Waals surface area contributed by atoms with E-state index >= 15 is 0 Å². The van der Waals surface area contributed by atoms with Crippen LogP contribution in [0.2, 0.25) is 0 Å². The number of rotatable bonds is 7. The fourth-order valence-corrected chi connectivity index (χ4v) is 3.07. The third kappa shape index (κ3) is 5.09. The summed E-state index contributed by atoms with van der Waals surface area (Å²) in [5, 5.41) is 42.3. The molecule has 0 aromatic heterocycles. The van der Waals surface area contributed by atoms with Crippen LogP contribution in [0.15, 0.2) is 35.8 Å². The van der Waals surface area contributed by atoms with Crippen molar-refractivity contribution in [2.24, 2.45) is 4.99 Å². The molecule has 3 unspecified atom stereocenters. The van der Waals surface area contributed by atoms with Crippen LogP contribution in [0.4, 0.5) is 17.1 Å². The predicted octanol–water partition coefficient (Wildman–Crippen LogP) is -1.40. The molecule has 6 N–H and O–H groups in total. The van der Waals surface area contributed by atoms with Gasteiger partial charge in [0.25, 0.3) is 0 Å². The molecule has 0 radical (unpaired) electrons. The van der Waals surface area contributed by atoms with Gasteiger partial charge in [0.05, 0.1) is 12.6 Å². The van der Waals surface area contributed by atoms with Crippen molar-refractivity contribution in [3.05, 3.63) is 41.3 Å². The van der Waals surface area contributed by atoms with E-state index in [9.17, 15) is 25.2 Å². The van der Waals surface area contributed by atoms with E-state index in [0.29, 0.717) is 11.7 Å². The zero-order chi connectivity index (χ0) is 19.3. The van der Waals surface area contributed by atoms with Gasteiger partial charge in [-0.3, -0.25) is 14.6 Å². The average Bonchev–Trinajstić information content (AvgIpc) is 2.92. The van der Waals surface area contributed by atoms with Crippen LogP contribution in [0.1, 0.15) is 6.42 Å². The van der Waals surface area contributed by atoms with Gasteiger partial charge in [0.1, 0.15) is 10.9 Å². The molecule has 2 rings (SSSR count). The van der Waals surface area contributed by atoms with Gasteiger partial charge in [0, 0.05) is 12.5 Å². The molecule has 140 valence electrons. The van der Waals surface area contributed by atoms with Crippen molar-refractivity contribution in [1.82, 2.24) is 5.32 Å². The SMILES string of the molecule is C=CCN=C1NC(=O)C(CC(=O)Nc2ccc([NH+]([O-])O)cc2[NH+]([O-])O)S1. The lowest BCUT2D eigenvalue weighted by molar-refractivity contribution is -0.996. The standard InChI is InChI=1S/C14H17N5O6S/c1-2-5-15-14-17-13(21)11(26-14)7-12(20)16-9-4-3-8(18(22)23)6-10(9)19(24)25/h2-4,6,11,18-19,22,24H,1,5,7H2,(H,16,20)(H,15,17,21). The van der Waals surface area contributed by atoms with E-state index in [2.05, 4.69) is 22.2 Å². The van der Waals surface area contributed by atoms with Gasteiger partial charge in [-0.15, -0.1) is 6.58 Å². The summed E-state index contributed by atoms with van der Waals surface area (Å²) in [6.07, 6.45) is 1.37. The fourth-order valence-electron chi connectivity index (χ4n) is 2.10. The third-order valence-corrected chi connectivity index (χ3v) is 4.40. The van der Waals surface area contributed by atoms with Crippen LogP contribution in [0, 0.1) is 10.4 Å². The number of hydrogen-bond donors (Lipinski definition) is 6. The van der Waals surface area contributed by atoms with E-state index in [1.54, 1.807) is 6.08 Å². The van der Waals surface area contributed by atoms with Crippen LogP contribution in [-0.4, -0.2) is 39.2 Å². The van der Waals surface area contributed by atoms with Crippen LogP contribution in [-0.2, 0) is 9.59 Å². The minimum absolute atomic E-state index is 0.0450. The second-order valence-corrected chi connectivity index (χ2v) is 6.34. The number of quaternary nitrogens is 2. The lowest BCUT2D eigenvalue weighted by Crippen LogP contribution is -3.00. The molecule has 1 fully saturated rings. The van der Waals surface area contributed by atoms with E-state index in [0.717, 1.165) is 17.8 Å². The van der Waals surface area contributed by atoms with Crippen LogP contribution in [0.25, 0.3) is 0 Å². The molecular formula is C14H17N5O6S. The molecule has 0 saturated carbocycles. The molecule has 1 aliphatic rings. The van der Waals surface area contributed by atoms with E-state index in [4.69, 9.17) is 5.21 Å². The molecule has 26 heavy (non-hydrogen) atoms. The second kappa shape index (κ2) is 8.86. The Morgan fingerprint density at radius 2 is 2.15 bits per heavy atom. The number of anilines is 1. The van der Waals surface area contributed by atoms with Gasteiger partial charge < -0.3 is 21.0 Å². The molecule has 1 heterocycles. The smallest absolute Gasteiger partial charge is 0.240 e. The monoisotopic (exact) mass is 383 g/mol. The molecular weight excluding hydrogens is 366 g/mol. The topological polar surface area (TPSA) is 166 Å². The Balaban J connectivity index is 2.06. The Morgan fingerprint density at radius 3 is 2.77 bits per heavy atom. The van der Waals surface area contributed by atoms with Gasteiger partial charge in [0.15, 0.2) is 16.5 Å². The number of carbonyl (C=O) groups is 2. The van der Waals surface area contributed by atoms with E-state index in [-0.39, 0.29) is 29.4 Å². The number of carbonyl (C=O) groups excluding carboxylic acids is 2. The van der Waals surface area contributed by atoms with E-state index < -0.39 is 21.6 Å². The van der Waals surface area contributed by atoms with Gasteiger partial charge in [-0.05, 0) is 6.07 Å². The lowest BCUT2D eigenvalue weighted by atomic mass is 10.2. The molecule has 1 aromatic rings. The Labute approximate surface area is 152 Å². The first kappa shape index (κ1) is 20.0. The van der Waals surface area contributed by atoms with Crippen molar-refractivity contribution in [3.8, 4) is 0 Å². The van der Waals surface area contributed by atoms with Crippen molar-refractivity contribution < 1.29 is 30.5 Å². The number of aliphatic imine (C=N–C) groups is 1. The summed E-state index contributed by atoms with van der Waals surface area (Å²) in [6.45, 7) is 3.85. The first-order valence-corrected chi connectivity index (χ1v) is 8.23. The number of hydrogen-bond acceptors (Lipinski definition) is 8. The summed E-state index contributed by atoms with van der Waals surface area (Å²) in [5.41, 5.74) is -0.610. The molecule has 2 amide bonds. The fraction of sp³-hybridized carbons (Fsp3) is 0.214. The third-order valence-electron chi connectivity index (χ3n) is 3.28. The second-order valence-electron chi connectivity index (χ2n) is 5.15. The van der Waals surface area contributed by atoms with Crippen molar-refractivity contribution in [2.75, 3.05) is 11.9 Å². The Hall–Kier alpha value is -2.32. The maximum absolute atomic E-state index is 12.2. The van der Waals surface area contributed by atoms with Gasteiger partial charge >= 0.3 is 0 Å². The number of benzene rings is 1. The van der Waals surface area contributed by atoms with Crippen LogP contribution < -0.4 is 21.1 Å². The first-order valence-electron chi connectivity index (χ1n) is 7.35. The molecule has 1 aliphatic heterocycles. The predicted molar refractivity (Wildman–Crippen MR) is 93.3 cm³/mol. The maximum atomic E-state index is 12.2. The molecule has 0 spiro atoms. The zero-order valence-corrected chi connectivity index (χ0v) is 14.2. The zero-order valence-electron chi connectivity index (χ0n) is 13.4. The highest BCUT2D eigenvalue weighted by Gasteiger charge is 2.32. The minimum atomic E-state index is -1.38. The molecule has 0 aliphatic carbocycles. The number of nitrogens with one attached hydrogen (secondary N) is 4. The summed E-state index contributed by atoms with van der Waals surface area (Å²) < 4.78 is 0. The molecule has 1 aromatic carbocycles. The largest absolute Gasteiger partial charge is 0.595 e. The molecule has 11 nitrogen and oxygen atoms in total. The van der Waals surface area contributed by atoms with Crippen LogP contribution >= 0.6 is 11.8 Å². The van der Waals surface area contributed by atoms with E-state index in [1.165, 1.54) is 12.1 Å². The van der Waals surface area contributed by atoms with Crippen LogP contribution in [0.3, 0.4) is 0 Å². The summed E-state index contributed by atoms with van der Waals surface area (Å²) in [4.78, 5) is 28.1. The first-order chi connectivity index (χ1) is 12.3. The average molecular weight is 383 g/mol. The summed E-state index contributed by atoms with van der Waals surface area (Å²) in [6, 6.07) is 3.34. The number of amides is 2. The van der Waals surface area contributed by atoms with Gasteiger partial charge in [-0.2, -0.15) is 10.5 Å². The van der Waals surface area contributed by atoms with Crippen molar-refractivity contribution in [2.45, 2.75) is 11.7 Å². The van der Waals surface area contributed by atoms with Gasteiger partial charge in [-0.1, -0.05) is 17.8 Å². The summed E-state index contributed by atoms with van der Waals surface area (Å²) in [7, 11) is 0. The van der Waals surface area contributed by atoms with Crippen molar-refractivity contribution in [3.63, 3.8) is 0 Å². The lowest BCUT2D eigenvalue weighted by Gasteiger charge is -2.19. The Morgan fingerprint density at radius 1 is 1.42 bits per heavy atom. The highest BCUT2D eigenvalue weighted by Crippen LogP contribution is 2.25. The molecule has 1 saturated heterocycles. The maximum Gasteiger partial charge on any atom is 0.240 e. The quantitative estimate of drug-likeness (QED) is 0.249. The van der Waals surface area contributed by atoms with Crippen molar-refractivity contribution in [1.29, 1.82) is 0 Å². The Kier molecular flexibility index (Phi) is 6.82. The van der Waals surface area contributed by atoms with Crippen molar-refractivity contribution >= 4 is 45.8 Å². The number of amidine groups is 1. The van der Waals surface area contributed by atoms with E-state index in [1.807, 2.05) is 0 Å². The highest BCUT2D eigenvalue weighted by atomic mass is 32.2. The summed E-state index contributed by atoms with van der Waals surface area (Å²) in [5.74, 6) is -0.944. The number of thioether (sulfide) groups is 1. The Bertz CT molecular complexity index is 739. The normalized spacial score (nSPS) is 20.5. The van der Waals surface area contributed by atoms with Gasteiger partial charge in [0.2, 0.25) is 11.8 Å². The molecule has 3 atom stereocenters. The number of nitrogens with zero attached hydrogens (tertiary/aromatic N) is 1. The molecule has 12 heteroatoms. The van der Waals surface area contributed by atoms with Crippen LogP contribution in [0.5, 0.6) is 0 Å².